The minimum atomic E-state index is -0.504. The zero-order chi connectivity index (χ0) is 13.4. The van der Waals surface area contributed by atoms with Crippen molar-refractivity contribution in [2.24, 2.45) is 0 Å². The zero-order valence-corrected chi connectivity index (χ0v) is 10.2. The van der Waals surface area contributed by atoms with Gasteiger partial charge in [-0.25, -0.2) is 4.79 Å². The highest BCUT2D eigenvalue weighted by molar-refractivity contribution is 5.74. The van der Waals surface area contributed by atoms with Crippen LogP contribution in [0.1, 0.15) is 5.56 Å². The number of carbonyl (C=O) groups excluding carboxylic acids is 1. The van der Waals surface area contributed by atoms with Gasteiger partial charge in [0.1, 0.15) is 6.61 Å². The Bertz CT molecular complexity index is 488. The van der Waals surface area contributed by atoms with Crippen LogP contribution in [0.25, 0.3) is 6.08 Å². The average molecular weight is 247 g/mol. The lowest BCUT2D eigenvalue weighted by Crippen LogP contribution is -2.14. The van der Waals surface area contributed by atoms with Gasteiger partial charge in [-0.3, -0.25) is 0 Å². The number of hydrogen-bond acceptors (Lipinski definition) is 5. The summed E-state index contributed by atoms with van der Waals surface area (Å²) in [5.74, 6) is 0.226. The molecule has 0 N–H and O–H groups in total. The summed E-state index contributed by atoms with van der Waals surface area (Å²) in [7, 11) is 2.88. The number of ether oxygens (including phenoxy) is 3. The first kappa shape index (κ1) is 13.7. The fraction of sp³-hybridized carbons (Fsp3) is 0.231. The molecule has 94 valence electrons. The Labute approximate surface area is 105 Å². The monoisotopic (exact) mass is 247 g/mol. The SMILES string of the molecule is COCC(=O)Oc1ccc(/C=C\C#N)cc1OC. The molecule has 0 aliphatic heterocycles. The van der Waals surface area contributed by atoms with E-state index >= 15 is 0 Å². The number of benzene rings is 1. The highest BCUT2D eigenvalue weighted by Crippen LogP contribution is 2.28. The van der Waals surface area contributed by atoms with Gasteiger partial charge in [0.15, 0.2) is 11.5 Å². The predicted octanol–water partition coefficient (Wildman–Crippen LogP) is 1.78. The van der Waals surface area contributed by atoms with Crippen LogP contribution in [0.15, 0.2) is 24.3 Å². The van der Waals surface area contributed by atoms with Crippen LogP contribution in [-0.2, 0) is 9.53 Å². The van der Waals surface area contributed by atoms with Gasteiger partial charge in [-0.05, 0) is 23.8 Å². The van der Waals surface area contributed by atoms with Gasteiger partial charge in [0, 0.05) is 13.2 Å². The molecule has 0 fully saturated rings. The fourth-order valence-electron chi connectivity index (χ4n) is 1.28. The van der Waals surface area contributed by atoms with E-state index in [-0.39, 0.29) is 6.61 Å². The van der Waals surface area contributed by atoms with Gasteiger partial charge in [-0.1, -0.05) is 6.07 Å². The van der Waals surface area contributed by atoms with E-state index in [9.17, 15) is 4.79 Å². The fourth-order valence-corrected chi connectivity index (χ4v) is 1.28. The van der Waals surface area contributed by atoms with Crippen molar-refractivity contribution in [1.82, 2.24) is 0 Å². The van der Waals surface area contributed by atoms with Crippen LogP contribution in [0.5, 0.6) is 11.5 Å². The lowest BCUT2D eigenvalue weighted by Gasteiger charge is -2.09. The number of allylic oxidation sites excluding steroid dienone is 1. The number of nitriles is 1. The molecule has 0 atom stereocenters. The second-order valence-corrected chi connectivity index (χ2v) is 3.28. The van der Waals surface area contributed by atoms with Crippen molar-refractivity contribution in [2.75, 3.05) is 20.8 Å². The summed E-state index contributed by atoms with van der Waals surface area (Å²) in [5, 5.41) is 8.44. The molecule has 5 nitrogen and oxygen atoms in total. The van der Waals surface area contributed by atoms with E-state index in [2.05, 4.69) is 4.74 Å². The molecule has 0 saturated heterocycles. The van der Waals surface area contributed by atoms with Gasteiger partial charge in [0.25, 0.3) is 0 Å². The van der Waals surface area contributed by atoms with E-state index in [1.165, 1.54) is 20.3 Å². The highest BCUT2D eigenvalue weighted by Gasteiger charge is 2.09. The Balaban J connectivity index is 2.90. The molecule has 0 bridgehead atoms. The molecule has 0 aliphatic carbocycles. The lowest BCUT2D eigenvalue weighted by molar-refractivity contribution is -0.138. The minimum Gasteiger partial charge on any atom is -0.493 e. The molecule has 1 aromatic carbocycles. The van der Waals surface area contributed by atoms with E-state index in [1.807, 2.05) is 6.07 Å². The Kier molecular flexibility index (Phi) is 5.42. The third kappa shape index (κ3) is 3.92. The van der Waals surface area contributed by atoms with Crippen molar-refractivity contribution < 1.29 is 19.0 Å². The summed E-state index contributed by atoms with van der Waals surface area (Å²) in [6.07, 6.45) is 2.98. The van der Waals surface area contributed by atoms with Gasteiger partial charge in [0.05, 0.1) is 13.2 Å². The summed E-state index contributed by atoms with van der Waals surface area (Å²) in [4.78, 5) is 11.3. The summed E-state index contributed by atoms with van der Waals surface area (Å²) in [6, 6.07) is 6.88. The number of rotatable bonds is 5. The van der Waals surface area contributed by atoms with Gasteiger partial charge >= 0.3 is 5.97 Å². The molecule has 5 heteroatoms. The third-order valence-corrected chi connectivity index (χ3v) is 2.02. The van der Waals surface area contributed by atoms with Crippen molar-refractivity contribution in [2.45, 2.75) is 0 Å². The van der Waals surface area contributed by atoms with E-state index in [0.717, 1.165) is 5.56 Å². The van der Waals surface area contributed by atoms with Crippen LogP contribution < -0.4 is 9.47 Å². The van der Waals surface area contributed by atoms with Gasteiger partial charge < -0.3 is 14.2 Å². The van der Waals surface area contributed by atoms with E-state index in [0.29, 0.717) is 11.5 Å². The van der Waals surface area contributed by atoms with Gasteiger partial charge in [-0.2, -0.15) is 5.26 Å². The number of hydrogen-bond donors (Lipinski definition) is 0. The maximum Gasteiger partial charge on any atom is 0.337 e. The predicted molar refractivity (Wildman–Crippen MR) is 65.2 cm³/mol. The third-order valence-electron chi connectivity index (χ3n) is 2.02. The highest BCUT2D eigenvalue weighted by atomic mass is 16.6. The second-order valence-electron chi connectivity index (χ2n) is 3.28. The molecule has 0 radical (unpaired) electrons. The van der Waals surface area contributed by atoms with E-state index in [4.69, 9.17) is 14.7 Å². The first-order valence-electron chi connectivity index (χ1n) is 5.15. The molecule has 18 heavy (non-hydrogen) atoms. The summed E-state index contributed by atoms with van der Waals surface area (Å²) < 4.78 is 14.8. The molecule has 0 saturated carbocycles. The van der Waals surface area contributed by atoms with Crippen molar-refractivity contribution in [3.63, 3.8) is 0 Å². The van der Waals surface area contributed by atoms with E-state index < -0.39 is 5.97 Å². The summed E-state index contributed by atoms with van der Waals surface area (Å²) in [6.45, 7) is -0.126. The van der Waals surface area contributed by atoms with E-state index in [1.54, 1.807) is 24.3 Å². The summed E-state index contributed by atoms with van der Waals surface area (Å²) in [5.41, 5.74) is 0.778. The maximum absolute atomic E-state index is 11.3. The topological polar surface area (TPSA) is 68.5 Å². The zero-order valence-electron chi connectivity index (χ0n) is 10.2. The maximum atomic E-state index is 11.3. The largest absolute Gasteiger partial charge is 0.493 e. The molecule has 1 aromatic rings. The molecule has 0 heterocycles. The van der Waals surface area contributed by atoms with Crippen LogP contribution in [-0.4, -0.2) is 26.8 Å². The quantitative estimate of drug-likeness (QED) is 0.450. The average Bonchev–Trinajstić information content (AvgIpc) is 2.37. The Morgan fingerprint density at radius 1 is 1.39 bits per heavy atom. The number of nitrogens with zero attached hydrogens (tertiary/aromatic N) is 1. The van der Waals surface area contributed by atoms with Gasteiger partial charge in [0.2, 0.25) is 0 Å². The Morgan fingerprint density at radius 3 is 2.78 bits per heavy atom. The van der Waals surface area contributed by atoms with Crippen molar-refractivity contribution in [3.8, 4) is 17.6 Å². The first-order valence-corrected chi connectivity index (χ1v) is 5.15. The molecule has 1 rings (SSSR count). The van der Waals surface area contributed by atoms with Crippen molar-refractivity contribution >= 4 is 12.0 Å². The van der Waals surface area contributed by atoms with Gasteiger partial charge in [-0.15, -0.1) is 0 Å². The van der Waals surface area contributed by atoms with Crippen LogP contribution >= 0.6 is 0 Å². The van der Waals surface area contributed by atoms with Crippen LogP contribution in [0.2, 0.25) is 0 Å². The summed E-state index contributed by atoms with van der Waals surface area (Å²) >= 11 is 0. The second kappa shape index (κ2) is 7.09. The molecular weight excluding hydrogens is 234 g/mol. The Morgan fingerprint density at radius 2 is 2.17 bits per heavy atom. The van der Waals surface area contributed by atoms with Crippen LogP contribution in [0.4, 0.5) is 0 Å². The minimum absolute atomic E-state index is 0.126. The number of esters is 1. The molecular formula is C13H13NO4. The number of methoxy groups -OCH3 is 2. The van der Waals surface area contributed by atoms with Crippen LogP contribution in [0.3, 0.4) is 0 Å². The lowest BCUT2D eigenvalue weighted by atomic mass is 10.2. The standard InChI is InChI=1S/C13H13NO4/c1-16-9-13(15)18-11-6-5-10(4-3-7-14)8-12(11)17-2/h3-6,8H,9H2,1-2H3/b4-3-. The van der Waals surface area contributed by atoms with Crippen molar-refractivity contribution in [3.05, 3.63) is 29.8 Å². The molecule has 0 unspecified atom stereocenters. The van der Waals surface area contributed by atoms with Crippen molar-refractivity contribution in [1.29, 1.82) is 5.26 Å². The first-order chi connectivity index (χ1) is 8.71. The molecule has 0 aliphatic rings. The normalized spacial score (nSPS) is 10.1. The smallest absolute Gasteiger partial charge is 0.337 e. The Hall–Kier alpha value is -2.32. The molecule has 0 amide bonds. The molecule has 0 aromatic heterocycles. The molecule has 0 spiro atoms. The number of carbonyl (C=O) groups is 1. The van der Waals surface area contributed by atoms with Crippen LogP contribution in [0, 0.1) is 11.3 Å².